The van der Waals surface area contributed by atoms with Gasteiger partial charge >= 0.3 is 21.7 Å². The largest absolute Gasteiger partial charge is 4.00 e. The van der Waals surface area contributed by atoms with Crippen molar-refractivity contribution in [2.75, 3.05) is 21.3 Å². The molecule has 3 nitrogen and oxygen atoms in total. The van der Waals surface area contributed by atoms with Crippen LogP contribution < -0.4 is 15.3 Å². The van der Waals surface area contributed by atoms with Gasteiger partial charge in [-0.25, -0.2) is 12.0 Å². The van der Waals surface area contributed by atoms with Crippen molar-refractivity contribution in [3.8, 4) is 0 Å². The van der Waals surface area contributed by atoms with Gasteiger partial charge in [-0.2, -0.15) is 26.9 Å². The molecule has 0 saturated carbocycles. The summed E-state index contributed by atoms with van der Waals surface area (Å²) in [4.78, 5) is 0. The molecule has 0 amide bonds. The Hall–Kier alpha value is -0.576. The molecule has 2 aliphatic rings. The van der Waals surface area contributed by atoms with Crippen molar-refractivity contribution in [3.63, 3.8) is 0 Å². The van der Waals surface area contributed by atoms with Crippen molar-refractivity contribution >= 4 is 5.57 Å². The van der Waals surface area contributed by atoms with Gasteiger partial charge in [0.1, 0.15) is 0 Å². The van der Waals surface area contributed by atoms with Crippen molar-refractivity contribution in [3.05, 3.63) is 47.4 Å². The molecule has 0 N–H and O–H groups in total. The molecule has 1 aromatic carbocycles. The summed E-state index contributed by atoms with van der Waals surface area (Å²) in [5.74, 6) is 0.691. The van der Waals surface area contributed by atoms with Gasteiger partial charge in [0.05, 0.1) is 0 Å². The first-order chi connectivity index (χ1) is 10.4. The minimum Gasteiger partial charge on any atom is -0.857 e. The van der Waals surface area contributed by atoms with E-state index in [1.165, 1.54) is 31.2 Å². The molecule has 0 fully saturated rings. The van der Waals surface area contributed by atoms with E-state index in [1.54, 1.807) is 16.7 Å². The normalized spacial score (nSPS) is 16.8. The van der Waals surface area contributed by atoms with Gasteiger partial charge in [0.15, 0.2) is 0 Å². The SMILES string of the molecule is CCC1C2=C(CCC[CH-]2)c2ccccc21.C[O-].C[O-].C[O-].[Ti+4]. The van der Waals surface area contributed by atoms with E-state index in [4.69, 9.17) is 15.3 Å². The molecule has 1 atom stereocenters. The number of rotatable bonds is 1. The summed E-state index contributed by atoms with van der Waals surface area (Å²) in [5, 5.41) is 24.8. The molecular formula is C18H26O3Ti. The van der Waals surface area contributed by atoms with E-state index >= 15 is 0 Å². The van der Waals surface area contributed by atoms with Gasteiger partial charge in [0, 0.05) is 0 Å². The molecule has 0 bridgehead atoms. The standard InChI is InChI=1S/C15H17.3CH3O.Ti/c1-2-11-12-7-3-5-9-14(12)15-10-6-4-8-13(11)15;3*1-2;/h3,5,7-9,11H,2,4,6,10H2,1H3;3*1H3;/q4*-1;+4. The number of fused-ring (bicyclic) bond motifs is 2. The van der Waals surface area contributed by atoms with Gasteiger partial charge in [-0.05, 0) is 12.3 Å². The molecule has 1 unspecified atom stereocenters. The van der Waals surface area contributed by atoms with Crippen LogP contribution in [0, 0.1) is 6.42 Å². The molecule has 120 valence electrons. The van der Waals surface area contributed by atoms with E-state index < -0.39 is 0 Å². The smallest absolute Gasteiger partial charge is 0.857 e. The predicted octanol–water partition coefficient (Wildman–Crippen LogP) is 1.26. The number of hydrogen-bond donors (Lipinski definition) is 0. The Kier molecular flexibility index (Phi) is 15.1. The van der Waals surface area contributed by atoms with Crippen LogP contribution in [0.15, 0.2) is 29.8 Å². The molecule has 3 rings (SSSR count). The summed E-state index contributed by atoms with van der Waals surface area (Å²) in [6.45, 7) is 2.31. The van der Waals surface area contributed by atoms with Crippen molar-refractivity contribution in [1.29, 1.82) is 0 Å². The second-order valence-electron chi connectivity index (χ2n) is 4.58. The average molecular weight is 338 g/mol. The number of hydrogen-bond acceptors (Lipinski definition) is 3. The second kappa shape index (κ2) is 14.0. The van der Waals surface area contributed by atoms with Crippen LogP contribution in [-0.2, 0) is 21.7 Å². The third-order valence-electron chi connectivity index (χ3n) is 3.79. The monoisotopic (exact) mass is 338 g/mol. The summed E-state index contributed by atoms with van der Waals surface area (Å²) >= 11 is 0. The van der Waals surface area contributed by atoms with Crippen LogP contribution in [0.2, 0.25) is 0 Å². The number of allylic oxidation sites excluding steroid dienone is 2. The molecule has 0 saturated heterocycles. The van der Waals surface area contributed by atoms with Gasteiger partial charge < -0.3 is 15.3 Å². The van der Waals surface area contributed by atoms with E-state index in [0.717, 1.165) is 21.3 Å². The molecule has 0 heterocycles. The van der Waals surface area contributed by atoms with Crippen molar-refractivity contribution in [2.45, 2.75) is 38.5 Å². The molecule has 22 heavy (non-hydrogen) atoms. The summed E-state index contributed by atoms with van der Waals surface area (Å²) in [5.41, 5.74) is 6.40. The Morgan fingerprint density at radius 1 is 1.05 bits per heavy atom. The van der Waals surface area contributed by atoms with E-state index in [1.807, 2.05) is 0 Å². The van der Waals surface area contributed by atoms with E-state index in [-0.39, 0.29) is 21.7 Å². The molecule has 0 radical (unpaired) electrons. The van der Waals surface area contributed by atoms with Gasteiger partial charge in [0.25, 0.3) is 0 Å². The zero-order valence-corrected chi connectivity index (χ0v) is 15.6. The van der Waals surface area contributed by atoms with Gasteiger partial charge in [-0.3, -0.25) is 0 Å². The van der Waals surface area contributed by atoms with Crippen LogP contribution in [0.25, 0.3) is 5.57 Å². The van der Waals surface area contributed by atoms with Crippen LogP contribution in [0.3, 0.4) is 0 Å². The number of benzene rings is 1. The topological polar surface area (TPSA) is 69.2 Å². The summed E-state index contributed by atoms with van der Waals surface area (Å²) in [7, 11) is 2.25. The van der Waals surface area contributed by atoms with E-state index in [2.05, 4.69) is 37.6 Å². The van der Waals surface area contributed by atoms with E-state index in [9.17, 15) is 0 Å². The Balaban J connectivity index is 0. The van der Waals surface area contributed by atoms with Gasteiger partial charge in [-0.15, -0.1) is 6.42 Å². The molecule has 4 heteroatoms. The Labute approximate surface area is 150 Å². The minimum absolute atomic E-state index is 0. The Bertz CT molecular complexity index is 430. The first-order valence-corrected chi connectivity index (χ1v) is 7.30. The fourth-order valence-electron chi connectivity index (χ4n) is 3.13. The zero-order valence-electron chi connectivity index (χ0n) is 14.0. The molecule has 0 aliphatic heterocycles. The second-order valence-corrected chi connectivity index (χ2v) is 4.58. The molecule has 0 aromatic heterocycles. The van der Waals surface area contributed by atoms with Gasteiger partial charge in [-0.1, -0.05) is 55.2 Å². The Morgan fingerprint density at radius 3 is 2.23 bits per heavy atom. The molecule has 0 spiro atoms. The minimum atomic E-state index is 0. The Morgan fingerprint density at radius 2 is 1.64 bits per heavy atom. The first kappa shape index (κ1) is 23.7. The summed E-state index contributed by atoms with van der Waals surface area (Å²) in [6, 6.07) is 8.98. The van der Waals surface area contributed by atoms with Gasteiger partial charge in [0.2, 0.25) is 0 Å². The molecule has 1 aromatic rings. The van der Waals surface area contributed by atoms with Crippen molar-refractivity contribution in [1.82, 2.24) is 0 Å². The summed E-state index contributed by atoms with van der Waals surface area (Å²) in [6.07, 6.45) is 7.63. The summed E-state index contributed by atoms with van der Waals surface area (Å²) < 4.78 is 0. The van der Waals surface area contributed by atoms with Crippen LogP contribution in [0.4, 0.5) is 0 Å². The fraction of sp³-hybridized carbons (Fsp3) is 0.500. The molecular weight excluding hydrogens is 312 g/mol. The predicted molar refractivity (Wildman–Crippen MR) is 82.3 cm³/mol. The maximum atomic E-state index is 8.25. The quantitative estimate of drug-likeness (QED) is 0.572. The van der Waals surface area contributed by atoms with E-state index in [0.29, 0.717) is 5.92 Å². The third-order valence-corrected chi connectivity index (χ3v) is 3.79. The van der Waals surface area contributed by atoms with Crippen LogP contribution in [-0.4, -0.2) is 21.3 Å². The maximum absolute atomic E-state index is 8.25. The van der Waals surface area contributed by atoms with Crippen molar-refractivity contribution in [2.24, 2.45) is 0 Å². The van der Waals surface area contributed by atoms with Crippen LogP contribution >= 0.6 is 0 Å². The fourth-order valence-corrected chi connectivity index (χ4v) is 3.13. The van der Waals surface area contributed by atoms with Crippen LogP contribution in [0.1, 0.15) is 49.7 Å². The zero-order chi connectivity index (χ0) is 16.3. The molecule has 2 aliphatic carbocycles. The maximum Gasteiger partial charge on any atom is 4.00 e. The third kappa shape index (κ3) is 5.25. The van der Waals surface area contributed by atoms with Crippen LogP contribution in [0.5, 0.6) is 0 Å². The first-order valence-electron chi connectivity index (χ1n) is 7.30. The average Bonchev–Trinajstić information content (AvgIpc) is 2.94. The van der Waals surface area contributed by atoms with Crippen molar-refractivity contribution < 1.29 is 37.0 Å².